The van der Waals surface area contributed by atoms with E-state index in [0.29, 0.717) is 30.2 Å². The van der Waals surface area contributed by atoms with Crippen LogP contribution in [0.15, 0.2) is 42.5 Å². The molecule has 3 aromatic rings. The Bertz CT molecular complexity index is 911. The molecule has 0 spiro atoms. The second-order valence-corrected chi connectivity index (χ2v) is 6.11. The molecular formula is C18H15N3O3. The number of nitrogens with one attached hydrogen (secondary N) is 1. The minimum atomic E-state index is 0.0145. The third-order valence-corrected chi connectivity index (χ3v) is 4.58. The van der Waals surface area contributed by atoms with E-state index in [4.69, 9.17) is 9.47 Å². The third kappa shape index (κ3) is 2.03. The third-order valence-electron chi connectivity index (χ3n) is 4.58. The lowest BCUT2D eigenvalue weighted by Crippen LogP contribution is -2.48. The molecule has 1 saturated heterocycles. The molecule has 120 valence electrons. The summed E-state index contributed by atoms with van der Waals surface area (Å²) in [5.41, 5.74) is 2.63. The average Bonchev–Trinajstić information content (AvgIpc) is 3.18. The highest BCUT2D eigenvalue weighted by atomic mass is 16.7. The van der Waals surface area contributed by atoms with Crippen LogP contribution in [-0.2, 0) is 0 Å². The molecule has 0 radical (unpaired) electrons. The zero-order valence-electron chi connectivity index (χ0n) is 12.9. The number of para-hydroxylation sites is 2. The van der Waals surface area contributed by atoms with Crippen LogP contribution in [0, 0.1) is 0 Å². The maximum atomic E-state index is 12.6. The quantitative estimate of drug-likeness (QED) is 0.787. The van der Waals surface area contributed by atoms with E-state index in [1.807, 2.05) is 29.2 Å². The molecule has 0 unspecified atom stereocenters. The fourth-order valence-electron chi connectivity index (χ4n) is 3.20. The first-order valence-electron chi connectivity index (χ1n) is 7.91. The van der Waals surface area contributed by atoms with Gasteiger partial charge in [-0.25, -0.2) is 4.98 Å². The molecule has 3 heterocycles. The number of carbonyl (C=O) groups is 1. The summed E-state index contributed by atoms with van der Waals surface area (Å²) in [6.45, 7) is 1.56. The van der Waals surface area contributed by atoms with Gasteiger partial charge in [0, 0.05) is 18.7 Å². The number of aromatic nitrogens is 2. The zero-order chi connectivity index (χ0) is 16.1. The SMILES string of the molecule is O=C(c1ccc2c(c1)OCO2)N1CC(c2nc3ccccc3[nH]2)C1. The van der Waals surface area contributed by atoms with Crippen LogP contribution in [0.5, 0.6) is 11.5 Å². The molecule has 1 N–H and O–H groups in total. The maximum absolute atomic E-state index is 12.6. The van der Waals surface area contributed by atoms with Crippen molar-refractivity contribution in [3.63, 3.8) is 0 Å². The van der Waals surface area contributed by atoms with Crippen molar-refractivity contribution in [2.24, 2.45) is 0 Å². The Labute approximate surface area is 138 Å². The molecule has 1 amide bonds. The van der Waals surface area contributed by atoms with Gasteiger partial charge < -0.3 is 19.4 Å². The molecule has 0 atom stereocenters. The Balaban J connectivity index is 1.31. The number of hydrogen-bond donors (Lipinski definition) is 1. The van der Waals surface area contributed by atoms with E-state index < -0.39 is 0 Å². The normalized spacial score (nSPS) is 16.4. The number of carbonyl (C=O) groups excluding carboxylic acids is 1. The van der Waals surface area contributed by atoms with Gasteiger partial charge >= 0.3 is 0 Å². The zero-order valence-corrected chi connectivity index (χ0v) is 12.9. The van der Waals surface area contributed by atoms with Gasteiger partial charge in [0.1, 0.15) is 5.82 Å². The minimum Gasteiger partial charge on any atom is -0.454 e. The van der Waals surface area contributed by atoms with E-state index in [2.05, 4.69) is 9.97 Å². The van der Waals surface area contributed by atoms with Crippen molar-refractivity contribution in [1.82, 2.24) is 14.9 Å². The van der Waals surface area contributed by atoms with Gasteiger partial charge in [0.15, 0.2) is 11.5 Å². The number of aromatic amines is 1. The summed E-state index contributed by atoms with van der Waals surface area (Å²) >= 11 is 0. The topological polar surface area (TPSA) is 67.5 Å². The van der Waals surface area contributed by atoms with Crippen LogP contribution >= 0.6 is 0 Å². The summed E-state index contributed by atoms with van der Waals surface area (Å²) in [6.07, 6.45) is 0. The highest BCUT2D eigenvalue weighted by Gasteiger charge is 2.34. The van der Waals surface area contributed by atoms with E-state index in [1.165, 1.54) is 0 Å². The number of likely N-dealkylation sites (tertiary alicyclic amines) is 1. The molecule has 24 heavy (non-hydrogen) atoms. The van der Waals surface area contributed by atoms with Crippen molar-refractivity contribution >= 4 is 16.9 Å². The molecule has 6 nitrogen and oxygen atoms in total. The van der Waals surface area contributed by atoms with Crippen LogP contribution in [0.4, 0.5) is 0 Å². The van der Waals surface area contributed by atoms with Gasteiger partial charge in [-0.1, -0.05) is 12.1 Å². The van der Waals surface area contributed by atoms with Crippen molar-refractivity contribution in [2.75, 3.05) is 19.9 Å². The number of amides is 1. The number of ether oxygens (including phenoxy) is 2. The first-order chi connectivity index (χ1) is 11.8. The summed E-state index contributed by atoms with van der Waals surface area (Å²) < 4.78 is 10.6. The van der Waals surface area contributed by atoms with Crippen LogP contribution in [0.3, 0.4) is 0 Å². The molecule has 2 aromatic carbocycles. The number of benzene rings is 2. The van der Waals surface area contributed by atoms with Crippen LogP contribution in [-0.4, -0.2) is 40.7 Å². The van der Waals surface area contributed by atoms with Gasteiger partial charge in [-0.15, -0.1) is 0 Å². The smallest absolute Gasteiger partial charge is 0.254 e. The van der Waals surface area contributed by atoms with Gasteiger partial charge in [-0.2, -0.15) is 0 Å². The van der Waals surface area contributed by atoms with Crippen molar-refractivity contribution in [1.29, 1.82) is 0 Å². The van der Waals surface area contributed by atoms with E-state index >= 15 is 0 Å². The first-order valence-corrected chi connectivity index (χ1v) is 7.91. The number of H-pyrrole nitrogens is 1. The molecule has 1 aromatic heterocycles. The standard InChI is InChI=1S/C18H15N3O3/c22-18(11-5-6-15-16(7-11)24-10-23-15)21-8-12(9-21)17-19-13-3-1-2-4-14(13)20-17/h1-7,12H,8-10H2,(H,19,20). The molecule has 0 bridgehead atoms. The summed E-state index contributed by atoms with van der Waals surface area (Å²) in [5.74, 6) is 2.55. The Morgan fingerprint density at radius 2 is 1.96 bits per heavy atom. The second-order valence-electron chi connectivity index (χ2n) is 6.11. The average molecular weight is 321 g/mol. The fraction of sp³-hybridized carbons (Fsp3) is 0.222. The van der Waals surface area contributed by atoms with Gasteiger partial charge in [0.2, 0.25) is 6.79 Å². The van der Waals surface area contributed by atoms with Gasteiger partial charge in [0.05, 0.1) is 17.0 Å². The van der Waals surface area contributed by atoms with Crippen LogP contribution < -0.4 is 9.47 Å². The van der Waals surface area contributed by atoms with Gasteiger partial charge in [-0.3, -0.25) is 4.79 Å². The second kappa shape index (κ2) is 4.99. The van der Waals surface area contributed by atoms with E-state index in [-0.39, 0.29) is 18.6 Å². The summed E-state index contributed by atoms with van der Waals surface area (Å²) in [6, 6.07) is 13.3. The fourth-order valence-corrected chi connectivity index (χ4v) is 3.20. The molecule has 6 heteroatoms. The lowest BCUT2D eigenvalue weighted by atomic mass is 9.98. The van der Waals surface area contributed by atoms with E-state index in [1.54, 1.807) is 18.2 Å². The highest BCUT2D eigenvalue weighted by Crippen LogP contribution is 2.34. The largest absolute Gasteiger partial charge is 0.454 e. The number of hydrogen-bond acceptors (Lipinski definition) is 4. The first kappa shape index (κ1) is 13.4. The molecule has 0 saturated carbocycles. The molecule has 0 aliphatic carbocycles. The van der Waals surface area contributed by atoms with Crippen molar-refractivity contribution in [3.8, 4) is 11.5 Å². The number of nitrogens with zero attached hydrogens (tertiary/aromatic N) is 2. The molecule has 5 rings (SSSR count). The van der Waals surface area contributed by atoms with Crippen LogP contribution in [0.25, 0.3) is 11.0 Å². The van der Waals surface area contributed by atoms with Crippen molar-refractivity contribution in [3.05, 3.63) is 53.9 Å². The van der Waals surface area contributed by atoms with E-state index in [9.17, 15) is 4.79 Å². The Morgan fingerprint density at radius 3 is 2.83 bits per heavy atom. The monoisotopic (exact) mass is 321 g/mol. The number of imidazole rings is 1. The Kier molecular flexibility index (Phi) is 2.79. The van der Waals surface area contributed by atoms with Crippen LogP contribution in [0.1, 0.15) is 22.1 Å². The molecule has 2 aliphatic rings. The molecule has 2 aliphatic heterocycles. The molecular weight excluding hydrogens is 306 g/mol. The predicted octanol–water partition coefficient (Wildman–Crippen LogP) is 2.53. The summed E-state index contributed by atoms with van der Waals surface area (Å²) in [5, 5.41) is 0. The van der Waals surface area contributed by atoms with Crippen molar-refractivity contribution in [2.45, 2.75) is 5.92 Å². The summed E-state index contributed by atoms with van der Waals surface area (Å²) in [4.78, 5) is 22.4. The number of rotatable bonds is 2. The Morgan fingerprint density at radius 1 is 1.12 bits per heavy atom. The van der Waals surface area contributed by atoms with Crippen molar-refractivity contribution < 1.29 is 14.3 Å². The van der Waals surface area contributed by atoms with Gasteiger partial charge in [-0.05, 0) is 30.3 Å². The highest BCUT2D eigenvalue weighted by molar-refractivity contribution is 5.95. The summed E-state index contributed by atoms with van der Waals surface area (Å²) in [7, 11) is 0. The molecule has 1 fully saturated rings. The van der Waals surface area contributed by atoms with E-state index in [0.717, 1.165) is 16.9 Å². The lowest BCUT2D eigenvalue weighted by Gasteiger charge is -2.38. The minimum absolute atomic E-state index is 0.0145. The number of fused-ring (bicyclic) bond motifs is 2. The Hall–Kier alpha value is -3.02. The predicted molar refractivity (Wildman–Crippen MR) is 87.3 cm³/mol. The van der Waals surface area contributed by atoms with Crippen LogP contribution in [0.2, 0.25) is 0 Å². The van der Waals surface area contributed by atoms with Gasteiger partial charge in [0.25, 0.3) is 5.91 Å². The lowest BCUT2D eigenvalue weighted by molar-refractivity contribution is 0.0595. The maximum Gasteiger partial charge on any atom is 0.254 e.